The fourth-order valence-electron chi connectivity index (χ4n) is 2.49. The molecule has 4 nitrogen and oxygen atoms in total. The van der Waals surface area contributed by atoms with Gasteiger partial charge in [-0.25, -0.2) is 12.8 Å². The number of halogens is 2. The van der Waals surface area contributed by atoms with E-state index in [1.807, 2.05) is 6.92 Å². The van der Waals surface area contributed by atoms with Gasteiger partial charge in [0, 0.05) is 12.6 Å². The number of hydrogen-bond acceptors (Lipinski definition) is 3. The molecule has 0 amide bonds. The summed E-state index contributed by atoms with van der Waals surface area (Å²) in [7, 11) is -3.65. The van der Waals surface area contributed by atoms with Gasteiger partial charge in [0.2, 0.25) is 10.0 Å². The van der Waals surface area contributed by atoms with Crippen LogP contribution in [0.2, 0.25) is 0 Å². The minimum atomic E-state index is -3.65. The number of piperidine rings is 1. The molecule has 1 heterocycles. The van der Waals surface area contributed by atoms with Crippen LogP contribution in [-0.4, -0.2) is 38.4 Å². The van der Waals surface area contributed by atoms with Gasteiger partial charge >= 0.3 is 0 Å². The van der Waals surface area contributed by atoms with Crippen molar-refractivity contribution >= 4 is 26.0 Å². The molecule has 1 aromatic rings. The van der Waals surface area contributed by atoms with Crippen molar-refractivity contribution in [1.29, 1.82) is 0 Å². The average Bonchev–Trinajstić information content (AvgIpc) is 2.43. The molecule has 1 aromatic carbocycles. The van der Waals surface area contributed by atoms with E-state index in [4.69, 9.17) is 0 Å². The first-order valence-corrected chi connectivity index (χ1v) is 8.87. The van der Waals surface area contributed by atoms with Crippen molar-refractivity contribution in [2.45, 2.75) is 30.7 Å². The Balaban J connectivity index is 2.32. The first kappa shape index (κ1) is 15.9. The van der Waals surface area contributed by atoms with Crippen LogP contribution in [0.1, 0.15) is 19.8 Å². The molecule has 0 atom stereocenters. The van der Waals surface area contributed by atoms with Crippen LogP contribution in [0.3, 0.4) is 0 Å². The van der Waals surface area contributed by atoms with Gasteiger partial charge in [-0.3, -0.25) is 0 Å². The predicted octanol–water partition coefficient (Wildman–Crippen LogP) is 2.35. The molecule has 20 heavy (non-hydrogen) atoms. The van der Waals surface area contributed by atoms with Gasteiger partial charge in [-0.15, -0.1) is 0 Å². The van der Waals surface area contributed by atoms with E-state index in [1.165, 1.54) is 16.4 Å². The molecule has 0 radical (unpaired) electrons. The Morgan fingerprint density at radius 2 is 2.05 bits per heavy atom. The van der Waals surface area contributed by atoms with Crippen molar-refractivity contribution < 1.29 is 12.8 Å². The third-order valence-electron chi connectivity index (χ3n) is 3.53. The van der Waals surface area contributed by atoms with Crippen LogP contribution in [0.5, 0.6) is 0 Å². The molecule has 0 aliphatic carbocycles. The Morgan fingerprint density at radius 3 is 2.60 bits per heavy atom. The summed E-state index contributed by atoms with van der Waals surface area (Å²) in [6.07, 6.45) is 1.57. The summed E-state index contributed by atoms with van der Waals surface area (Å²) in [6, 6.07) is 3.92. The van der Waals surface area contributed by atoms with E-state index in [-0.39, 0.29) is 15.4 Å². The van der Waals surface area contributed by atoms with Gasteiger partial charge in [0.1, 0.15) is 5.82 Å². The van der Waals surface area contributed by atoms with Gasteiger partial charge in [-0.2, -0.15) is 4.31 Å². The molecule has 2 rings (SSSR count). The second-order valence-corrected chi connectivity index (χ2v) is 7.51. The zero-order chi connectivity index (χ0) is 14.8. The summed E-state index contributed by atoms with van der Waals surface area (Å²) in [5, 5.41) is 3.21. The maximum Gasteiger partial charge on any atom is 0.243 e. The van der Waals surface area contributed by atoms with Crippen molar-refractivity contribution in [3.63, 3.8) is 0 Å². The van der Waals surface area contributed by atoms with Gasteiger partial charge in [-0.05, 0) is 60.1 Å². The van der Waals surface area contributed by atoms with Crippen LogP contribution in [0.15, 0.2) is 27.6 Å². The first-order chi connectivity index (χ1) is 9.46. The summed E-state index contributed by atoms with van der Waals surface area (Å²) >= 11 is 3.04. The second kappa shape index (κ2) is 6.51. The van der Waals surface area contributed by atoms with E-state index < -0.39 is 15.8 Å². The minimum absolute atomic E-state index is 0.0126. The summed E-state index contributed by atoms with van der Waals surface area (Å²) in [6.45, 7) is 3.83. The standard InChI is InChI=1S/C13H18BrFN2O2S/c1-2-17(10-5-7-16-8-6-10)20(18,19)11-3-4-12(14)13(15)9-11/h3-4,9-10,16H,2,5-8H2,1H3. The molecule has 1 fully saturated rings. The van der Waals surface area contributed by atoms with E-state index in [2.05, 4.69) is 21.2 Å². The lowest BCUT2D eigenvalue weighted by molar-refractivity contribution is 0.270. The van der Waals surface area contributed by atoms with Crippen molar-refractivity contribution in [3.05, 3.63) is 28.5 Å². The highest BCUT2D eigenvalue weighted by Crippen LogP contribution is 2.25. The predicted molar refractivity (Wildman–Crippen MR) is 79.6 cm³/mol. The maximum absolute atomic E-state index is 13.6. The Labute approximate surface area is 127 Å². The quantitative estimate of drug-likeness (QED) is 0.891. The molecule has 7 heteroatoms. The van der Waals surface area contributed by atoms with Crippen LogP contribution in [0.4, 0.5) is 4.39 Å². The maximum atomic E-state index is 13.6. The molecule has 1 N–H and O–H groups in total. The van der Waals surface area contributed by atoms with Crippen molar-refractivity contribution in [2.75, 3.05) is 19.6 Å². The molecule has 0 saturated carbocycles. The number of nitrogens with one attached hydrogen (secondary N) is 1. The topological polar surface area (TPSA) is 49.4 Å². The van der Waals surface area contributed by atoms with E-state index >= 15 is 0 Å². The number of rotatable bonds is 4. The zero-order valence-corrected chi connectivity index (χ0v) is 13.7. The normalized spacial score (nSPS) is 17.6. The summed E-state index contributed by atoms with van der Waals surface area (Å²) in [4.78, 5) is 0.0126. The number of nitrogens with zero attached hydrogens (tertiary/aromatic N) is 1. The van der Waals surface area contributed by atoms with Crippen LogP contribution in [-0.2, 0) is 10.0 Å². The van der Waals surface area contributed by atoms with Crippen molar-refractivity contribution in [1.82, 2.24) is 9.62 Å². The Kier molecular flexibility index (Phi) is 5.17. The molecule has 0 unspecified atom stereocenters. The fraction of sp³-hybridized carbons (Fsp3) is 0.538. The highest BCUT2D eigenvalue weighted by molar-refractivity contribution is 9.10. The van der Waals surface area contributed by atoms with Gasteiger partial charge in [0.05, 0.1) is 9.37 Å². The summed E-state index contributed by atoms with van der Waals surface area (Å²) in [5.74, 6) is -0.563. The van der Waals surface area contributed by atoms with Gasteiger partial charge in [-0.1, -0.05) is 6.92 Å². The van der Waals surface area contributed by atoms with Crippen molar-refractivity contribution in [3.8, 4) is 0 Å². The molecular formula is C13H18BrFN2O2S. The Morgan fingerprint density at radius 1 is 1.40 bits per heavy atom. The summed E-state index contributed by atoms with van der Waals surface area (Å²) in [5.41, 5.74) is 0. The molecule has 1 aliphatic heterocycles. The Hall–Kier alpha value is -0.500. The molecule has 0 spiro atoms. The van der Waals surface area contributed by atoms with Crippen LogP contribution < -0.4 is 5.32 Å². The monoisotopic (exact) mass is 364 g/mol. The minimum Gasteiger partial charge on any atom is -0.317 e. The molecule has 0 aromatic heterocycles. The van der Waals surface area contributed by atoms with Gasteiger partial charge < -0.3 is 5.32 Å². The highest BCUT2D eigenvalue weighted by atomic mass is 79.9. The van der Waals surface area contributed by atoms with Crippen LogP contribution in [0.25, 0.3) is 0 Å². The van der Waals surface area contributed by atoms with Crippen molar-refractivity contribution in [2.24, 2.45) is 0 Å². The van der Waals surface area contributed by atoms with Gasteiger partial charge in [0.25, 0.3) is 0 Å². The number of benzene rings is 1. The molecular weight excluding hydrogens is 347 g/mol. The second-order valence-electron chi connectivity index (χ2n) is 4.77. The van der Waals surface area contributed by atoms with E-state index in [9.17, 15) is 12.8 Å². The smallest absolute Gasteiger partial charge is 0.243 e. The van der Waals surface area contributed by atoms with Crippen LogP contribution >= 0.6 is 15.9 Å². The number of sulfonamides is 1. The number of hydrogen-bond donors (Lipinski definition) is 1. The lowest BCUT2D eigenvalue weighted by Gasteiger charge is -2.33. The SMILES string of the molecule is CCN(C1CCNCC1)S(=O)(=O)c1ccc(Br)c(F)c1. The lowest BCUT2D eigenvalue weighted by atomic mass is 10.1. The van der Waals surface area contributed by atoms with E-state index in [0.717, 1.165) is 32.0 Å². The third-order valence-corrected chi connectivity index (χ3v) is 6.19. The largest absolute Gasteiger partial charge is 0.317 e. The first-order valence-electron chi connectivity index (χ1n) is 6.64. The van der Waals surface area contributed by atoms with E-state index in [0.29, 0.717) is 6.54 Å². The third kappa shape index (κ3) is 3.21. The average molecular weight is 365 g/mol. The highest BCUT2D eigenvalue weighted by Gasteiger charge is 2.31. The molecule has 112 valence electrons. The van der Waals surface area contributed by atoms with Crippen LogP contribution in [0, 0.1) is 5.82 Å². The fourth-order valence-corrected chi connectivity index (χ4v) is 4.44. The van der Waals surface area contributed by atoms with E-state index in [1.54, 1.807) is 0 Å². The molecule has 1 aliphatic rings. The summed E-state index contributed by atoms with van der Waals surface area (Å²) < 4.78 is 40.6. The van der Waals surface area contributed by atoms with Gasteiger partial charge in [0.15, 0.2) is 0 Å². The zero-order valence-electron chi connectivity index (χ0n) is 11.3. The lowest BCUT2D eigenvalue weighted by Crippen LogP contribution is -2.45. The molecule has 1 saturated heterocycles. The Bertz CT molecular complexity index is 574. The molecule has 0 bridgehead atoms.